The average molecular weight is 557 g/mol. The summed E-state index contributed by atoms with van der Waals surface area (Å²) in [5.41, 5.74) is 1.15. The standard InChI is InChI=1S/C27H22Cl2N2O7/c1-35-22-13-20(23(36-2)12-19(22)29)31-26(33)18(25(32)30-27(31)34)10-16-6-9-21(24(11-16)37-3)38-14-15-4-7-17(28)8-5-15/h4-13H,14H2,1-3H3,(H,30,32,34)/b18-10+. The molecule has 4 amide bonds. The number of urea groups is 1. The fraction of sp³-hybridized carbons (Fsp3) is 0.148. The zero-order valence-electron chi connectivity index (χ0n) is 20.5. The maximum atomic E-state index is 13.4. The number of nitrogens with one attached hydrogen (secondary N) is 1. The van der Waals surface area contributed by atoms with E-state index in [1.54, 1.807) is 30.3 Å². The van der Waals surface area contributed by atoms with Crippen molar-refractivity contribution in [3.63, 3.8) is 0 Å². The Kier molecular flexibility index (Phi) is 8.09. The second-order valence-corrected chi connectivity index (χ2v) is 8.79. The molecule has 196 valence electrons. The minimum Gasteiger partial charge on any atom is -0.495 e. The summed E-state index contributed by atoms with van der Waals surface area (Å²) in [7, 11) is 4.22. The summed E-state index contributed by atoms with van der Waals surface area (Å²) in [5, 5.41) is 3.02. The number of amides is 4. The first-order valence-electron chi connectivity index (χ1n) is 11.1. The SMILES string of the molecule is COc1cc(N2C(=O)NC(=O)/C(=C\c3ccc(OCc4ccc(Cl)cc4)c(OC)c3)C2=O)c(OC)cc1Cl. The number of imide groups is 2. The lowest BCUT2D eigenvalue weighted by Crippen LogP contribution is -2.54. The number of ether oxygens (including phenoxy) is 4. The van der Waals surface area contributed by atoms with Crippen molar-refractivity contribution in [1.29, 1.82) is 0 Å². The summed E-state index contributed by atoms with van der Waals surface area (Å²) < 4.78 is 21.8. The van der Waals surface area contributed by atoms with Crippen molar-refractivity contribution in [3.05, 3.63) is 81.3 Å². The van der Waals surface area contributed by atoms with E-state index in [0.29, 0.717) is 22.1 Å². The molecule has 1 aliphatic heterocycles. The lowest BCUT2D eigenvalue weighted by Gasteiger charge is -2.28. The van der Waals surface area contributed by atoms with Crippen LogP contribution in [0.2, 0.25) is 10.0 Å². The van der Waals surface area contributed by atoms with E-state index in [1.165, 1.54) is 39.5 Å². The summed E-state index contributed by atoms with van der Waals surface area (Å²) in [5.74, 6) is -0.518. The van der Waals surface area contributed by atoms with E-state index in [2.05, 4.69) is 5.32 Å². The number of hydrogen-bond donors (Lipinski definition) is 1. The van der Waals surface area contributed by atoms with Gasteiger partial charge in [0.15, 0.2) is 11.5 Å². The van der Waals surface area contributed by atoms with Gasteiger partial charge in [-0.3, -0.25) is 14.9 Å². The van der Waals surface area contributed by atoms with E-state index < -0.39 is 17.8 Å². The van der Waals surface area contributed by atoms with Gasteiger partial charge in [-0.05, 0) is 41.5 Å². The molecule has 1 aliphatic rings. The van der Waals surface area contributed by atoms with Gasteiger partial charge in [0.25, 0.3) is 11.8 Å². The molecule has 1 fully saturated rings. The molecule has 0 aliphatic carbocycles. The first-order chi connectivity index (χ1) is 18.2. The van der Waals surface area contributed by atoms with E-state index in [1.807, 2.05) is 12.1 Å². The third kappa shape index (κ3) is 5.53. The van der Waals surface area contributed by atoms with Crippen LogP contribution in [0.1, 0.15) is 11.1 Å². The molecule has 0 unspecified atom stereocenters. The average Bonchev–Trinajstić information content (AvgIpc) is 2.91. The largest absolute Gasteiger partial charge is 0.495 e. The molecular formula is C27H22Cl2N2O7. The number of carbonyl (C=O) groups is 3. The minimum absolute atomic E-state index is 0.0539. The molecule has 3 aromatic carbocycles. The Labute approximate surface area is 228 Å². The zero-order valence-corrected chi connectivity index (χ0v) is 22.1. The fourth-order valence-electron chi connectivity index (χ4n) is 3.70. The molecule has 0 bridgehead atoms. The Bertz CT molecular complexity index is 1440. The van der Waals surface area contributed by atoms with E-state index in [9.17, 15) is 14.4 Å². The molecule has 0 atom stereocenters. The maximum Gasteiger partial charge on any atom is 0.336 e. The van der Waals surface area contributed by atoms with Crippen LogP contribution in [-0.4, -0.2) is 39.2 Å². The number of halogens is 2. The maximum absolute atomic E-state index is 13.4. The highest BCUT2D eigenvalue weighted by Gasteiger charge is 2.38. The fourth-order valence-corrected chi connectivity index (χ4v) is 4.05. The van der Waals surface area contributed by atoms with Crippen LogP contribution in [0.15, 0.2) is 60.2 Å². The third-order valence-corrected chi connectivity index (χ3v) is 6.15. The lowest BCUT2D eigenvalue weighted by molar-refractivity contribution is -0.122. The highest BCUT2D eigenvalue weighted by atomic mass is 35.5. The van der Waals surface area contributed by atoms with Crippen molar-refractivity contribution in [2.24, 2.45) is 0 Å². The molecule has 11 heteroatoms. The second kappa shape index (κ2) is 11.5. The number of methoxy groups -OCH3 is 3. The van der Waals surface area contributed by atoms with Crippen molar-refractivity contribution >= 4 is 52.8 Å². The van der Waals surface area contributed by atoms with Crippen molar-refractivity contribution in [2.45, 2.75) is 6.61 Å². The molecule has 4 rings (SSSR count). The number of barbiturate groups is 1. The number of rotatable bonds is 8. The molecule has 38 heavy (non-hydrogen) atoms. The normalized spacial score (nSPS) is 14.4. The molecule has 9 nitrogen and oxygen atoms in total. The smallest absolute Gasteiger partial charge is 0.336 e. The molecule has 1 saturated heterocycles. The predicted octanol–water partition coefficient (Wildman–Crippen LogP) is 5.26. The number of hydrogen-bond acceptors (Lipinski definition) is 7. The Morgan fingerprint density at radius 3 is 2.16 bits per heavy atom. The Morgan fingerprint density at radius 2 is 1.50 bits per heavy atom. The Hall–Kier alpha value is -4.21. The Morgan fingerprint density at radius 1 is 0.816 bits per heavy atom. The number of carbonyl (C=O) groups excluding carboxylic acids is 3. The van der Waals surface area contributed by atoms with E-state index in [-0.39, 0.29) is 34.4 Å². The number of nitrogens with zero attached hydrogens (tertiary/aromatic N) is 1. The van der Waals surface area contributed by atoms with Crippen molar-refractivity contribution in [1.82, 2.24) is 5.32 Å². The lowest BCUT2D eigenvalue weighted by atomic mass is 10.1. The minimum atomic E-state index is -0.941. The Balaban J connectivity index is 1.64. The van der Waals surface area contributed by atoms with Gasteiger partial charge in [0.2, 0.25) is 0 Å². The monoisotopic (exact) mass is 556 g/mol. The van der Waals surface area contributed by atoms with Gasteiger partial charge >= 0.3 is 6.03 Å². The van der Waals surface area contributed by atoms with Gasteiger partial charge in [-0.1, -0.05) is 41.4 Å². The van der Waals surface area contributed by atoms with Gasteiger partial charge in [0, 0.05) is 17.2 Å². The highest BCUT2D eigenvalue weighted by molar-refractivity contribution is 6.39. The summed E-state index contributed by atoms with van der Waals surface area (Å²) in [6.07, 6.45) is 1.35. The van der Waals surface area contributed by atoms with Gasteiger partial charge in [-0.15, -0.1) is 0 Å². The summed E-state index contributed by atoms with van der Waals surface area (Å²) in [6, 6.07) is 14.0. The van der Waals surface area contributed by atoms with Crippen LogP contribution in [0.4, 0.5) is 10.5 Å². The van der Waals surface area contributed by atoms with Gasteiger partial charge in [0.05, 0.1) is 32.0 Å². The molecule has 0 aromatic heterocycles. The third-order valence-electron chi connectivity index (χ3n) is 5.60. The number of benzene rings is 3. The van der Waals surface area contributed by atoms with E-state index in [0.717, 1.165) is 10.5 Å². The van der Waals surface area contributed by atoms with E-state index in [4.69, 9.17) is 42.1 Å². The molecule has 0 radical (unpaired) electrons. The van der Waals surface area contributed by atoms with Crippen molar-refractivity contribution in [2.75, 3.05) is 26.2 Å². The molecule has 1 heterocycles. The van der Waals surface area contributed by atoms with Crippen molar-refractivity contribution < 1.29 is 33.3 Å². The highest BCUT2D eigenvalue weighted by Crippen LogP contribution is 2.39. The van der Waals surface area contributed by atoms with Crippen LogP contribution in [0.25, 0.3) is 6.08 Å². The molecule has 0 spiro atoms. The van der Waals surface area contributed by atoms with Crippen LogP contribution in [0.5, 0.6) is 23.0 Å². The summed E-state index contributed by atoms with van der Waals surface area (Å²) in [4.78, 5) is 39.5. The second-order valence-electron chi connectivity index (χ2n) is 7.94. The molecule has 0 saturated carbocycles. The van der Waals surface area contributed by atoms with Crippen LogP contribution < -0.4 is 29.2 Å². The zero-order chi connectivity index (χ0) is 27.4. The van der Waals surface area contributed by atoms with E-state index >= 15 is 0 Å². The van der Waals surface area contributed by atoms with Gasteiger partial charge in [-0.25, -0.2) is 9.69 Å². The topological polar surface area (TPSA) is 103 Å². The van der Waals surface area contributed by atoms with Crippen LogP contribution in [0.3, 0.4) is 0 Å². The molecule has 3 aromatic rings. The molecule has 1 N–H and O–H groups in total. The predicted molar refractivity (Wildman–Crippen MR) is 142 cm³/mol. The summed E-state index contributed by atoms with van der Waals surface area (Å²) in [6.45, 7) is 0.276. The number of anilines is 1. The van der Waals surface area contributed by atoms with Gasteiger partial charge in [-0.2, -0.15) is 0 Å². The molecular weight excluding hydrogens is 535 g/mol. The van der Waals surface area contributed by atoms with Crippen LogP contribution in [-0.2, 0) is 16.2 Å². The first kappa shape index (κ1) is 26.8. The first-order valence-corrected chi connectivity index (χ1v) is 11.9. The van der Waals surface area contributed by atoms with Crippen molar-refractivity contribution in [3.8, 4) is 23.0 Å². The van der Waals surface area contributed by atoms with Crippen LogP contribution >= 0.6 is 23.2 Å². The van der Waals surface area contributed by atoms with Gasteiger partial charge < -0.3 is 18.9 Å². The summed E-state index contributed by atoms with van der Waals surface area (Å²) >= 11 is 12.1. The van der Waals surface area contributed by atoms with Crippen LogP contribution in [0, 0.1) is 0 Å². The van der Waals surface area contributed by atoms with Gasteiger partial charge in [0.1, 0.15) is 23.7 Å². The quantitative estimate of drug-likeness (QED) is 0.298.